The minimum Gasteiger partial charge on any atom is -0.392 e. The molecule has 4 nitrogen and oxygen atoms in total. The molecule has 0 bridgehead atoms. The molecule has 6 atom stereocenters. The molecule has 0 unspecified atom stereocenters. The van der Waals surface area contributed by atoms with Gasteiger partial charge in [-0.3, -0.25) is 4.79 Å². The van der Waals surface area contributed by atoms with Crippen LogP contribution >= 0.6 is 0 Å². The van der Waals surface area contributed by atoms with E-state index in [9.17, 15) is 15.0 Å². The summed E-state index contributed by atoms with van der Waals surface area (Å²) in [7, 11) is 3.61. The summed E-state index contributed by atoms with van der Waals surface area (Å²) in [5.74, 6) is 7.47. The molecular weight excluding hydrogens is 362 g/mol. The van der Waals surface area contributed by atoms with E-state index in [-0.39, 0.29) is 23.8 Å². The number of fused-ring (bicyclic) bond motifs is 1. The summed E-state index contributed by atoms with van der Waals surface area (Å²) in [6.07, 6.45) is 12.5. The summed E-state index contributed by atoms with van der Waals surface area (Å²) in [6.45, 7) is 4.04. The molecule has 2 aliphatic rings. The van der Waals surface area contributed by atoms with E-state index in [2.05, 4.69) is 24.0 Å². The van der Waals surface area contributed by atoms with Gasteiger partial charge in [-0.05, 0) is 49.9 Å². The third-order valence-electron chi connectivity index (χ3n) is 6.43. The lowest BCUT2D eigenvalue weighted by Gasteiger charge is -2.20. The van der Waals surface area contributed by atoms with Crippen molar-refractivity contribution < 1.29 is 15.0 Å². The van der Waals surface area contributed by atoms with Crippen LogP contribution in [0.5, 0.6) is 0 Å². The molecule has 2 N–H and O–H groups in total. The average molecular weight is 402 g/mol. The van der Waals surface area contributed by atoms with E-state index < -0.39 is 6.10 Å². The van der Waals surface area contributed by atoms with Crippen molar-refractivity contribution in [1.82, 2.24) is 4.90 Å². The van der Waals surface area contributed by atoms with Gasteiger partial charge in [-0.1, -0.05) is 37.6 Å². The maximum absolute atomic E-state index is 11.7. The molecule has 0 spiro atoms. The Kier molecular flexibility index (Phi) is 9.46. The van der Waals surface area contributed by atoms with E-state index in [1.807, 2.05) is 19.9 Å². The second-order valence-corrected chi connectivity index (χ2v) is 9.00. The minimum atomic E-state index is -0.518. The van der Waals surface area contributed by atoms with Gasteiger partial charge >= 0.3 is 0 Å². The zero-order chi connectivity index (χ0) is 21.4. The SMILES string of the molecule is CCC#CC[C@@H](C)[C@H](O)C=C[C@@H]1[C@H]2CC(CCCCC(=O)N(C)C)=C[C@H]2C[C@H]1O. The number of carbonyl (C=O) groups excluding carboxylic acids is 1. The van der Waals surface area contributed by atoms with Crippen LogP contribution in [0.1, 0.15) is 65.2 Å². The number of aliphatic hydroxyl groups excluding tert-OH is 2. The number of nitrogens with zero attached hydrogens (tertiary/aromatic N) is 1. The van der Waals surface area contributed by atoms with Crippen molar-refractivity contribution in [1.29, 1.82) is 0 Å². The Labute approximate surface area is 177 Å². The van der Waals surface area contributed by atoms with Gasteiger partial charge in [0.05, 0.1) is 12.2 Å². The summed E-state index contributed by atoms with van der Waals surface area (Å²) in [5.41, 5.74) is 1.48. The standard InChI is InChI=1S/C25H39NO3/c1-5-6-7-10-18(2)23(27)14-13-21-22-16-19(15-20(22)17-24(21)28)11-8-9-12-25(29)26(3)4/h13-15,18,20-24,27-28H,5,8-12,16-17H2,1-4H3/t18-,20+,21-,22+,23-,24-/m1/s1. The number of allylic oxidation sites excluding steroid dienone is 2. The maximum atomic E-state index is 11.7. The van der Waals surface area contributed by atoms with E-state index in [0.717, 1.165) is 38.5 Å². The van der Waals surface area contributed by atoms with Crippen LogP contribution in [0.2, 0.25) is 0 Å². The van der Waals surface area contributed by atoms with Crippen molar-refractivity contribution >= 4 is 5.91 Å². The average Bonchev–Trinajstić information content (AvgIpc) is 3.19. The zero-order valence-corrected chi connectivity index (χ0v) is 18.6. The van der Waals surface area contributed by atoms with Crippen molar-refractivity contribution in [3.05, 3.63) is 23.8 Å². The Balaban J connectivity index is 1.81. The fourth-order valence-electron chi connectivity index (χ4n) is 4.55. The Morgan fingerprint density at radius 1 is 1.34 bits per heavy atom. The van der Waals surface area contributed by atoms with Gasteiger partial charge in [0, 0.05) is 39.3 Å². The molecular formula is C25H39NO3. The molecule has 1 fully saturated rings. The summed E-state index contributed by atoms with van der Waals surface area (Å²) in [6, 6.07) is 0. The van der Waals surface area contributed by atoms with E-state index in [1.54, 1.807) is 19.0 Å². The van der Waals surface area contributed by atoms with Crippen LogP contribution < -0.4 is 0 Å². The molecule has 0 aliphatic heterocycles. The highest BCUT2D eigenvalue weighted by Crippen LogP contribution is 2.48. The molecule has 1 amide bonds. The lowest BCUT2D eigenvalue weighted by molar-refractivity contribution is -0.128. The number of amides is 1. The van der Waals surface area contributed by atoms with Crippen molar-refractivity contribution in [2.24, 2.45) is 23.7 Å². The first-order valence-corrected chi connectivity index (χ1v) is 11.2. The smallest absolute Gasteiger partial charge is 0.222 e. The van der Waals surface area contributed by atoms with Crippen molar-refractivity contribution in [2.45, 2.75) is 77.4 Å². The molecule has 162 valence electrons. The lowest BCUT2D eigenvalue weighted by Crippen LogP contribution is -2.21. The normalized spacial score (nSPS) is 27.9. The van der Waals surface area contributed by atoms with Crippen LogP contribution in [0.25, 0.3) is 0 Å². The number of aliphatic hydroxyl groups is 2. The molecule has 2 aliphatic carbocycles. The van der Waals surface area contributed by atoms with Gasteiger partial charge in [-0.15, -0.1) is 11.8 Å². The quantitative estimate of drug-likeness (QED) is 0.350. The first-order valence-electron chi connectivity index (χ1n) is 11.2. The van der Waals surface area contributed by atoms with E-state index in [4.69, 9.17) is 0 Å². The lowest BCUT2D eigenvalue weighted by atomic mass is 9.88. The molecule has 0 radical (unpaired) electrons. The second kappa shape index (κ2) is 11.6. The Morgan fingerprint density at radius 3 is 2.79 bits per heavy atom. The molecule has 0 aromatic carbocycles. The van der Waals surface area contributed by atoms with Gasteiger partial charge in [-0.2, -0.15) is 0 Å². The minimum absolute atomic E-state index is 0.0989. The van der Waals surface area contributed by atoms with Gasteiger partial charge in [-0.25, -0.2) is 0 Å². The summed E-state index contributed by atoms with van der Waals surface area (Å²) in [5, 5.41) is 20.9. The number of hydrogen-bond donors (Lipinski definition) is 2. The predicted octanol–water partition coefficient (Wildman–Crippen LogP) is 3.94. The highest BCUT2D eigenvalue weighted by molar-refractivity contribution is 5.75. The number of carbonyl (C=O) groups is 1. The Bertz CT molecular complexity index is 655. The van der Waals surface area contributed by atoms with E-state index in [0.29, 0.717) is 24.7 Å². The van der Waals surface area contributed by atoms with Crippen molar-refractivity contribution in [3.8, 4) is 11.8 Å². The molecule has 4 heteroatoms. The van der Waals surface area contributed by atoms with Crippen LogP contribution in [0.15, 0.2) is 23.8 Å². The first-order chi connectivity index (χ1) is 13.8. The van der Waals surface area contributed by atoms with Crippen molar-refractivity contribution in [3.63, 3.8) is 0 Å². The molecule has 1 saturated carbocycles. The number of hydrogen-bond acceptors (Lipinski definition) is 3. The fourth-order valence-corrected chi connectivity index (χ4v) is 4.55. The van der Waals surface area contributed by atoms with Crippen LogP contribution in [0, 0.1) is 35.5 Å². The monoisotopic (exact) mass is 401 g/mol. The van der Waals surface area contributed by atoms with Crippen LogP contribution in [-0.2, 0) is 4.79 Å². The number of rotatable bonds is 9. The van der Waals surface area contributed by atoms with Crippen molar-refractivity contribution in [2.75, 3.05) is 14.1 Å². The Hall–Kier alpha value is -1.57. The third kappa shape index (κ3) is 7.01. The molecule has 2 rings (SSSR count). The van der Waals surface area contributed by atoms with Gasteiger partial charge in [0.25, 0.3) is 0 Å². The second-order valence-electron chi connectivity index (χ2n) is 9.00. The molecule has 0 saturated heterocycles. The topological polar surface area (TPSA) is 60.8 Å². The fraction of sp³-hybridized carbons (Fsp3) is 0.720. The molecule has 0 aromatic heterocycles. The predicted molar refractivity (Wildman–Crippen MR) is 118 cm³/mol. The maximum Gasteiger partial charge on any atom is 0.222 e. The first kappa shape index (κ1) is 23.7. The summed E-state index contributed by atoms with van der Waals surface area (Å²) >= 11 is 0. The van der Waals surface area contributed by atoms with Gasteiger partial charge in [0.2, 0.25) is 5.91 Å². The molecule has 29 heavy (non-hydrogen) atoms. The van der Waals surface area contributed by atoms with Gasteiger partial charge < -0.3 is 15.1 Å². The summed E-state index contributed by atoms with van der Waals surface area (Å²) in [4.78, 5) is 13.3. The number of unbranched alkanes of at least 4 members (excludes halogenated alkanes) is 1. The highest BCUT2D eigenvalue weighted by Gasteiger charge is 2.43. The van der Waals surface area contributed by atoms with Crippen LogP contribution in [0.3, 0.4) is 0 Å². The van der Waals surface area contributed by atoms with Gasteiger partial charge in [0.15, 0.2) is 0 Å². The largest absolute Gasteiger partial charge is 0.392 e. The third-order valence-corrected chi connectivity index (χ3v) is 6.43. The zero-order valence-electron chi connectivity index (χ0n) is 18.6. The van der Waals surface area contributed by atoms with Crippen LogP contribution in [0.4, 0.5) is 0 Å². The van der Waals surface area contributed by atoms with E-state index in [1.165, 1.54) is 5.57 Å². The van der Waals surface area contributed by atoms with E-state index >= 15 is 0 Å². The molecule has 0 heterocycles. The molecule has 0 aromatic rings. The highest BCUT2D eigenvalue weighted by atomic mass is 16.3. The van der Waals surface area contributed by atoms with Gasteiger partial charge in [0.1, 0.15) is 0 Å². The van der Waals surface area contributed by atoms with Crippen LogP contribution in [-0.4, -0.2) is 47.3 Å². The summed E-state index contributed by atoms with van der Waals surface area (Å²) < 4.78 is 0. The Morgan fingerprint density at radius 2 is 2.10 bits per heavy atom.